The molecule has 0 aliphatic heterocycles. The number of imidazole rings is 1. The highest BCUT2D eigenvalue weighted by atomic mass is 35.5. The maximum absolute atomic E-state index is 5.48. The van der Waals surface area contributed by atoms with Gasteiger partial charge < -0.3 is 5.84 Å². The molecule has 0 unspecified atom stereocenters. The number of nitrogens with zero attached hydrogens (tertiary/aromatic N) is 2. The lowest BCUT2D eigenvalue weighted by molar-refractivity contribution is 0.790. The lowest BCUT2D eigenvalue weighted by atomic mass is 10.3. The summed E-state index contributed by atoms with van der Waals surface area (Å²) < 4.78 is 1.56. The van der Waals surface area contributed by atoms with Crippen molar-refractivity contribution in [3.05, 3.63) is 18.2 Å². The summed E-state index contributed by atoms with van der Waals surface area (Å²) in [5.74, 6) is 6.44. The maximum Gasteiger partial charge on any atom is 0.127 e. The van der Waals surface area contributed by atoms with Gasteiger partial charge in [0.05, 0.1) is 0 Å². The minimum Gasteiger partial charge on any atom is -0.338 e. The first-order valence-corrected chi connectivity index (χ1v) is 3.12. The van der Waals surface area contributed by atoms with Crippen molar-refractivity contribution in [2.75, 3.05) is 5.84 Å². The number of hydrogen-bond donors (Lipinski definition) is 1. The smallest absolute Gasteiger partial charge is 0.127 e. The van der Waals surface area contributed by atoms with Crippen molar-refractivity contribution in [1.82, 2.24) is 9.66 Å². The molecule has 1 aromatic heterocycles. The molecule has 1 rings (SSSR count). The molecule has 2 N–H and O–H groups in total. The number of aromatic nitrogens is 2. The van der Waals surface area contributed by atoms with E-state index >= 15 is 0 Å². The Morgan fingerprint density at radius 2 is 2.40 bits per heavy atom. The van der Waals surface area contributed by atoms with Gasteiger partial charge in [-0.1, -0.05) is 6.92 Å². The zero-order valence-corrected chi connectivity index (χ0v) is 6.77. The first kappa shape index (κ1) is 9.30. The van der Waals surface area contributed by atoms with E-state index < -0.39 is 0 Å². The van der Waals surface area contributed by atoms with Gasteiger partial charge in [0.2, 0.25) is 0 Å². The number of nitrogen functional groups attached to an aromatic ring is 1. The summed E-state index contributed by atoms with van der Waals surface area (Å²) in [6, 6.07) is 0. The molecule has 0 aromatic carbocycles. The molecule has 0 aliphatic carbocycles. The Morgan fingerprint density at radius 1 is 1.70 bits per heavy atom. The van der Waals surface area contributed by atoms with E-state index in [1.54, 1.807) is 17.1 Å². The lowest BCUT2D eigenvalue weighted by Gasteiger charge is -1.96. The van der Waals surface area contributed by atoms with Crippen LogP contribution in [0.3, 0.4) is 0 Å². The van der Waals surface area contributed by atoms with Crippen LogP contribution in [0.1, 0.15) is 19.2 Å². The van der Waals surface area contributed by atoms with Gasteiger partial charge in [-0.05, 0) is 6.42 Å². The average Bonchev–Trinajstić information content (AvgIpc) is 2.18. The minimum atomic E-state index is 0. The topological polar surface area (TPSA) is 43.8 Å². The number of rotatable bonds is 2. The second-order valence-electron chi connectivity index (χ2n) is 2.00. The molecule has 1 aromatic rings. The van der Waals surface area contributed by atoms with Crippen molar-refractivity contribution < 1.29 is 0 Å². The molecule has 4 heteroatoms. The minimum absolute atomic E-state index is 0. The molecule has 0 aliphatic rings. The summed E-state index contributed by atoms with van der Waals surface area (Å²) in [5, 5.41) is 0. The third kappa shape index (κ3) is 1.92. The fraction of sp³-hybridized carbons (Fsp3) is 0.500. The quantitative estimate of drug-likeness (QED) is 0.657. The predicted octanol–water partition coefficient (Wildman–Crippen LogP) is 0.971. The molecule has 0 atom stereocenters. The number of halogens is 1. The Morgan fingerprint density at radius 3 is 2.80 bits per heavy atom. The third-order valence-electron chi connectivity index (χ3n) is 1.22. The van der Waals surface area contributed by atoms with E-state index in [1.807, 2.05) is 0 Å². The summed E-state index contributed by atoms with van der Waals surface area (Å²) in [4.78, 5) is 4.04. The van der Waals surface area contributed by atoms with Crippen LogP contribution in [0.5, 0.6) is 0 Å². The predicted molar refractivity (Wildman–Crippen MR) is 43.6 cm³/mol. The number of aryl methyl sites for hydroxylation is 1. The second-order valence-corrected chi connectivity index (χ2v) is 2.00. The molecular formula is C6H12ClN3. The van der Waals surface area contributed by atoms with Gasteiger partial charge in [0, 0.05) is 18.8 Å². The molecule has 0 amide bonds. The number of hydrogen-bond acceptors (Lipinski definition) is 2. The Labute approximate surface area is 66.6 Å². The van der Waals surface area contributed by atoms with Crippen LogP contribution >= 0.6 is 12.4 Å². The highest BCUT2D eigenvalue weighted by molar-refractivity contribution is 5.85. The lowest BCUT2D eigenvalue weighted by Crippen LogP contribution is -2.10. The van der Waals surface area contributed by atoms with Crippen LogP contribution in [0.25, 0.3) is 0 Å². The molecule has 0 bridgehead atoms. The first-order chi connectivity index (χ1) is 4.34. The van der Waals surface area contributed by atoms with Crippen LogP contribution in [0.15, 0.2) is 12.4 Å². The van der Waals surface area contributed by atoms with Crippen molar-refractivity contribution >= 4 is 12.4 Å². The van der Waals surface area contributed by atoms with Gasteiger partial charge in [-0.15, -0.1) is 12.4 Å². The summed E-state index contributed by atoms with van der Waals surface area (Å²) in [7, 11) is 0. The molecule has 3 nitrogen and oxygen atoms in total. The molecule has 0 radical (unpaired) electrons. The van der Waals surface area contributed by atoms with Crippen LogP contribution in [0.2, 0.25) is 0 Å². The summed E-state index contributed by atoms with van der Waals surface area (Å²) >= 11 is 0. The van der Waals surface area contributed by atoms with E-state index in [0.717, 1.165) is 18.7 Å². The highest BCUT2D eigenvalue weighted by Gasteiger charge is 1.94. The van der Waals surface area contributed by atoms with Gasteiger partial charge in [0.25, 0.3) is 0 Å². The monoisotopic (exact) mass is 161 g/mol. The van der Waals surface area contributed by atoms with E-state index in [2.05, 4.69) is 11.9 Å². The molecule has 1 heterocycles. The molecule has 10 heavy (non-hydrogen) atoms. The van der Waals surface area contributed by atoms with E-state index in [-0.39, 0.29) is 12.4 Å². The Bertz CT molecular complexity index is 185. The normalized spacial score (nSPS) is 8.90. The first-order valence-electron chi connectivity index (χ1n) is 3.12. The van der Waals surface area contributed by atoms with Gasteiger partial charge in [-0.25, -0.2) is 4.98 Å². The SMILES string of the molecule is CCCc1nccn1N.Cl. The van der Waals surface area contributed by atoms with Crippen molar-refractivity contribution in [1.29, 1.82) is 0 Å². The van der Waals surface area contributed by atoms with Gasteiger partial charge >= 0.3 is 0 Å². The van der Waals surface area contributed by atoms with Gasteiger partial charge in [0.15, 0.2) is 0 Å². The van der Waals surface area contributed by atoms with Crippen LogP contribution in [-0.4, -0.2) is 9.66 Å². The van der Waals surface area contributed by atoms with Crippen LogP contribution in [-0.2, 0) is 6.42 Å². The molecule has 0 saturated heterocycles. The maximum atomic E-state index is 5.48. The van der Waals surface area contributed by atoms with E-state index in [1.165, 1.54) is 0 Å². The molecule has 0 saturated carbocycles. The Kier molecular flexibility index (Phi) is 3.88. The Balaban J connectivity index is 0.000000810. The van der Waals surface area contributed by atoms with Crippen LogP contribution < -0.4 is 5.84 Å². The van der Waals surface area contributed by atoms with Crippen molar-refractivity contribution in [3.8, 4) is 0 Å². The van der Waals surface area contributed by atoms with Crippen LogP contribution in [0, 0.1) is 0 Å². The molecular weight excluding hydrogens is 150 g/mol. The fourth-order valence-electron chi connectivity index (χ4n) is 0.761. The van der Waals surface area contributed by atoms with Crippen molar-refractivity contribution in [3.63, 3.8) is 0 Å². The van der Waals surface area contributed by atoms with E-state index in [9.17, 15) is 0 Å². The standard InChI is InChI=1S/C6H11N3.ClH/c1-2-3-6-8-4-5-9(6)7;/h4-5H,2-3,7H2,1H3;1H. The summed E-state index contributed by atoms with van der Waals surface area (Å²) in [5.41, 5.74) is 0. The van der Waals surface area contributed by atoms with Gasteiger partial charge in [-0.2, -0.15) is 0 Å². The van der Waals surface area contributed by atoms with Gasteiger partial charge in [0.1, 0.15) is 5.82 Å². The van der Waals surface area contributed by atoms with E-state index in [4.69, 9.17) is 5.84 Å². The molecule has 58 valence electrons. The molecule has 0 fully saturated rings. The van der Waals surface area contributed by atoms with E-state index in [0.29, 0.717) is 0 Å². The van der Waals surface area contributed by atoms with Crippen molar-refractivity contribution in [2.45, 2.75) is 19.8 Å². The zero-order chi connectivity index (χ0) is 6.69. The third-order valence-corrected chi connectivity index (χ3v) is 1.22. The highest BCUT2D eigenvalue weighted by Crippen LogP contribution is 1.94. The zero-order valence-electron chi connectivity index (χ0n) is 5.95. The fourth-order valence-corrected chi connectivity index (χ4v) is 0.761. The second kappa shape index (κ2) is 4.17. The average molecular weight is 162 g/mol. The van der Waals surface area contributed by atoms with Crippen molar-refractivity contribution in [2.24, 2.45) is 0 Å². The molecule has 0 spiro atoms. The Hall–Kier alpha value is -0.700. The van der Waals surface area contributed by atoms with Crippen LogP contribution in [0.4, 0.5) is 0 Å². The summed E-state index contributed by atoms with van der Waals surface area (Å²) in [6.45, 7) is 2.11. The summed E-state index contributed by atoms with van der Waals surface area (Å²) in [6.07, 6.45) is 5.52. The number of nitrogens with two attached hydrogens (primary N) is 1. The largest absolute Gasteiger partial charge is 0.338 e. The van der Waals surface area contributed by atoms with Gasteiger partial charge in [-0.3, -0.25) is 4.68 Å².